The van der Waals surface area contributed by atoms with Crippen LogP contribution in [-0.4, -0.2) is 34.4 Å². The number of benzene rings is 1. The fourth-order valence-electron chi connectivity index (χ4n) is 2.49. The monoisotopic (exact) mass is 338 g/mol. The number of pyridine rings is 1. The molecular weight excluding hydrogens is 320 g/mol. The van der Waals surface area contributed by atoms with Crippen LogP contribution in [0.5, 0.6) is 0 Å². The predicted molar refractivity (Wildman–Crippen MR) is 93.3 cm³/mol. The second-order valence-corrected chi connectivity index (χ2v) is 5.43. The fraction of sp³-hybridized carbons (Fsp3) is 0.222. The van der Waals surface area contributed by atoms with Gasteiger partial charge in [0.1, 0.15) is 5.69 Å². The molecule has 0 unspecified atom stereocenters. The van der Waals surface area contributed by atoms with Crippen LogP contribution < -0.4 is 10.9 Å². The van der Waals surface area contributed by atoms with Crippen molar-refractivity contribution in [2.75, 3.05) is 13.7 Å². The Bertz CT molecular complexity index is 947. The number of nitrogens with one attached hydrogen (secondary N) is 1. The lowest BCUT2D eigenvalue weighted by Crippen LogP contribution is -2.30. The molecule has 0 radical (unpaired) electrons. The standard InChI is InChI=1S/C18H18N4O3/c1-25-11-10-22-17(23)7-6-15(21-22)18(24)20-12-16-14-5-3-2-4-13(14)8-9-19-16/h2-9H,10-12H2,1H3,(H,20,24). The number of rotatable bonds is 6. The third-order valence-corrected chi connectivity index (χ3v) is 3.78. The van der Waals surface area contributed by atoms with E-state index in [4.69, 9.17) is 4.74 Å². The molecule has 0 fully saturated rings. The Morgan fingerprint density at radius 1 is 1.20 bits per heavy atom. The molecule has 1 aromatic carbocycles. The molecule has 25 heavy (non-hydrogen) atoms. The summed E-state index contributed by atoms with van der Waals surface area (Å²) in [6.45, 7) is 0.915. The second-order valence-electron chi connectivity index (χ2n) is 5.43. The van der Waals surface area contributed by atoms with Crippen molar-refractivity contribution in [1.82, 2.24) is 20.1 Å². The zero-order valence-electron chi connectivity index (χ0n) is 13.8. The largest absolute Gasteiger partial charge is 0.383 e. The van der Waals surface area contributed by atoms with Crippen molar-refractivity contribution in [3.05, 3.63) is 70.4 Å². The molecule has 0 atom stereocenters. The van der Waals surface area contributed by atoms with Crippen molar-refractivity contribution in [1.29, 1.82) is 0 Å². The second kappa shape index (κ2) is 7.67. The van der Waals surface area contributed by atoms with Gasteiger partial charge >= 0.3 is 0 Å². The van der Waals surface area contributed by atoms with Crippen molar-refractivity contribution in [2.24, 2.45) is 0 Å². The maximum absolute atomic E-state index is 12.3. The average molecular weight is 338 g/mol. The highest BCUT2D eigenvalue weighted by molar-refractivity contribution is 5.92. The molecule has 0 bridgehead atoms. The summed E-state index contributed by atoms with van der Waals surface area (Å²) in [4.78, 5) is 28.4. The summed E-state index contributed by atoms with van der Waals surface area (Å²) in [6, 6.07) is 12.5. The van der Waals surface area contributed by atoms with E-state index in [2.05, 4.69) is 15.4 Å². The molecule has 0 aliphatic rings. The Labute approximate surface area is 144 Å². The van der Waals surface area contributed by atoms with Gasteiger partial charge in [0.15, 0.2) is 0 Å². The maximum Gasteiger partial charge on any atom is 0.272 e. The Hall–Kier alpha value is -3.06. The van der Waals surface area contributed by atoms with E-state index in [9.17, 15) is 9.59 Å². The lowest BCUT2D eigenvalue weighted by atomic mass is 10.1. The topological polar surface area (TPSA) is 86.1 Å². The maximum atomic E-state index is 12.3. The number of carbonyl (C=O) groups is 1. The first kappa shape index (κ1) is 16.8. The number of ether oxygens (including phenoxy) is 1. The van der Waals surface area contributed by atoms with Gasteiger partial charge in [-0.25, -0.2) is 4.68 Å². The van der Waals surface area contributed by atoms with E-state index in [1.165, 1.54) is 16.8 Å². The van der Waals surface area contributed by atoms with Crippen LogP contribution in [0.4, 0.5) is 0 Å². The summed E-state index contributed by atoms with van der Waals surface area (Å²) in [5.74, 6) is -0.360. The van der Waals surface area contributed by atoms with Gasteiger partial charge < -0.3 is 10.1 Å². The first-order valence-electron chi connectivity index (χ1n) is 7.87. The third-order valence-electron chi connectivity index (χ3n) is 3.78. The molecule has 3 rings (SSSR count). The number of hydrogen-bond donors (Lipinski definition) is 1. The van der Waals surface area contributed by atoms with Gasteiger partial charge in [-0.15, -0.1) is 0 Å². The van der Waals surface area contributed by atoms with Gasteiger partial charge in [-0.3, -0.25) is 14.6 Å². The summed E-state index contributed by atoms with van der Waals surface area (Å²) in [7, 11) is 1.54. The number of aromatic nitrogens is 3. The van der Waals surface area contributed by atoms with Gasteiger partial charge in [0, 0.05) is 24.8 Å². The van der Waals surface area contributed by atoms with Gasteiger partial charge in [0.25, 0.3) is 11.5 Å². The zero-order valence-corrected chi connectivity index (χ0v) is 13.8. The van der Waals surface area contributed by atoms with Crippen LogP contribution in [-0.2, 0) is 17.8 Å². The minimum absolute atomic E-state index is 0.177. The van der Waals surface area contributed by atoms with Crippen molar-refractivity contribution in [3.8, 4) is 0 Å². The first-order chi connectivity index (χ1) is 12.2. The molecule has 1 N–H and O–H groups in total. The molecule has 0 saturated carbocycles. The van der Waals surface area contributed by atoms with Crippen molar-refractivity contribution in [2.45, 2.75) is 13.1 Å². The highest BCUT2D eigenvalue weighted by atomic mass is 16.5. The fourth-order valence-corrected chi connectivity index (χ4v) is 2.49. The minimum atomic E-state index is -0.360. The number of carbonyl (C=O) groups excluding carboxylic acids is 1. The van der Waals surface area contributed by atoms with Gasteiger partial charge in [-0.2, -0.15) is 5.10 Å². The molecule has 0 aliphatic carbocycles. The van der Waals surface area contributed by atoms with Crippen molar-refractivity contribution < 1.29 is 9.53 Å². The van der Waals surface area contributed by atoms with Crippen molar-refractivity contribution in [3.63, 3.8) is 0 Å². The number of amides is 1. The molecule has 2 aromatic heterocycles. The van der Waals surface area contributed by atoms with Crippen LogP contribution >= 0.6 is 0 Å². The molecule has 128 valence electrons. The van der Waals surface area contributed by atoms with Crippen LogP contribution in [0.25, 0.3) is 10.8 Å². The summed E-state index contributed by atoms with van der Waals surface area (Å²) < 4.78 is 6.16. The highest BCUT2D eigenvalue weighted by Gasteiger charge is 2.11. The van der Waals surface area contributed by atoms with Crippen LogP contribution in [0.15, 0.2) is 53.5 Å². The number of fused-ring (bicyclic) bond motifs is 1. The van der Waals surface area contributed by atoms with Gasteiger partial charge in [-0.05, 0) is 17.5 Å². The van der Waals surface area contributed by atoms with Crippen LogP contribution in [0.1, 0.15) is 16.2 Å². The number of nitrogens with zero attached hydrogens (tertiary/aromatic N) is 3. The lowest BCUT2D eigenvalue weighted by Gasteiger charge is -2.09. The lowest BCUT2D eigenvalue weighted by molar-refractivity contribution is 0.0942. The summed E-state index contributed by atoms with van der Waals surface area (Å²) >= 11 is 0. The van der Waals surface area contributed by atoms with E-state index in [-0.39, 0.29) is 23.7 Å². The Kier molecular flexibility index (Phi) is 5.15. The average Bonchev–Trinajstić information content (AvgIpc) is 2.65. The molecule has 0 aliphatic heterocycles. The molecule has 7 heteroatoms. The molecule has 3 aromatic rings. The normalized spacial score (nSPS) is 10.8. The summed E-state index contributed by atoms with van der Waals surface area (Å²) in [6.07, 6.45) is 1.72. The van der Waals surface area contributed by atoms with E-state index in [0.29, 0.717) is 13.2 Å². The molecule has 1 amide bonds. The van der Waals surface area contributed by atoms with Gasteiger partial charge in [-0.1, -0.05) is 24.3 Å². The Morgan fingerprint density at radius 3 is 2.88 bits per heavy atom. The highest BCUT2D eigenvalue weighted by Crippen LogP contribution is 2.15. The Morgan fingerprint density at radius 2 is 2.04 bits per heavy atom. The third kappa shape index (κ3) is 3.89. The number of hydrogen-bond acceptors (Lipinski definition) is 5. The molecule has 7 nitrogen and oxygen atoms in total. The Balaban J connectivity index is 1.75. The van der Waals surface area contributed by atoms with Gasteiger partial charge in [0.2, 0.25) is 0 Å². The minimum Gasteiger partial charge on any atom is -0.383 e. The van der Waals surface area contributed by atoms with Crippen LogP contribution in [0.2, 0.25) is 0 Å². The van der Waals surface area contributed by atoms with E-state index in [0.717, 1.165) is 16.5 Å². The van der Waals surface area contributed by atoms with Gasteiger partial charge in [0.05, 0.1) is 25.4 Å². The molecule has 0 spiro atoms. The van der Waals surface area contributed by atoms with Crippen LogP contribution in [0, 0.1) is 0 Å². The van der Waals surface area contributed by atoms with E-state index in [1.54, 1.807) is 13.3 Å². The molecule has 0 saturated heterocycles. The predicted octanol–water partition coefficient (Wildman–Crippen LogP) is 1.37. The summed E-state index contributed by atoms with van der Waals surface area (Å²) in [5, 5.41) is 8.93. The quantitative estimate of drug-likeness (QED) is 0.733. The first-order valence-corrected chi connectivity index (χ1v) is 7.87. The van der Waals surface area contributed by atoms with E-state index < -0.39 is 0 Å². The van der Waals surface area contributed by atoms with E-state index in [1.807, 2.05) is 30.3 Å². The number of methoxy groups -OCH3 is 1. The summed E-state index contributed by atoms with van der Waals surface area (Å²) in [5.41, 5.74) is 0.680. The van der Waals surface area contributed by atoms with Crippen molar-refractivity contribution >= 4 is 16.7 Å². The molecular formula is C18H18N4O3. The van der Waals surface area contributed by atoms with Crippen LogP contribution in [0.3, 0.4) is 0 Å². The molecule has 2 heterocycles. The van der Waals surface area contributed by atoms with E-state index >= 15 is 0 Å². The smallest absolute Gasteiger partial charge is 0.272 e. The SMILES string of the molecule is COCCn1nc(C(=O)NCc2nccc3ccccc23)ccc1=O. The zero-order chi connectivity index (χ0) is 17.6.